The number of phenolic OH excluding ortho intramolecular Hbond substituents is 1. The van der Waals surface area contributed by atoms with Crippen LogP contribution in [0.25, 0.3) is 0 Å². The van der Waals surface area contributed by atoms with Crippen molar-refractivity contribution in [1.82, 2.24) is 4.31 Å². The monoisotopic (exact) mass is 418 g/mol. The lowest BCUT2D eigenvalue weighted by molar-refractivity contribution is 0.0730. The maximum atomic E-state index is 12.9. The van der Waals surface area contributed by atoms with Crippen molar-refractivity contribution < 1.29 is 23.0 Å². The van der Waals surface area contributed by atoms with Crippen LogP contribution in [-0.2, 0) is 14.8 Å². The number of benzene rings is 2. The van der Waals surface area contributed by atoms with Crippen molar-refractivity contribution in [2.75, 3.05) is 32.9 Å². The second kappa shape index (κ2) is 9.39. The minimum atomic E-state index is -3.59. The lowest BCUT2D eigenvalue weighted by Gasteiger charge is -2.26. The van der Waals surface area contributed by atoms with Gasteiger partial charge in [-0.1, -0.05) is 13.0 Å². The fraction of sp³-hybridized carbons (Fsp3) is 0.381. The van der Waals surface area contributed by atoms with E-state index >= 15 is 0 Å². The van der Waals surface area contributed by atoms with Crippen LogP contribution in [0.5, 0.6) is 11.5 Å². The second-order valence-electron chi connectivity index (χ2n) is 6.79. The molecule has 2 aromatic carbocycles. The lowest BCUT2D eigenvalue weighted by Crippen LogP contribution is -2.40. The van der Waals surface area contributed by atoms with Gasteiger partial charge >= 0.3 is 0 Å². The summed E-state index contributed by atoms with van der Waals surface area (Å²) in [6, 6.07) is 9.92. The second-order valence-corrected chi connectivity index (χ2v) is 8.73. The highest BCUT2D eigenvalue weighted by Crippen LogP contribution is 2.27. The standard InChI is InChI=1S/C21H26N2O5S/c1-3-10-28-18-6-5-17(21(24)13-18)15-22-20-14-19(7-4-16(20)2)29(25,26)23-8-11-27-12-9-23/h4-7,13-15,24H,3,8-12H2,1-2H3. The molecule has 3 rings (SSSR count). The molecule has 1 N–H and O–H groups in total. The minimum Gasteiger partial charge on any atom is -0.507 e. The van der Waals surface area contributed by atoms with Crippen molar-refractivity contribution in [3.8, 4) is 11.5 Å². The fourth-order valence-electron chi connectivity index (χ4n) is 2.91. The van der Waals surface area contributed by atoms with Gasteiger partial charge in [0, 0.05) is 30.9 Å². The Morgan fingerprint density at radius 3 is 2.66 bits per heavy atom. The van der Waals surface area contributed by atoms with Gasteiger partial charge in [-0.25, -0.2) is 8.42 Å². The van der Waals surface area contributed by atoms with E-state index in [-0.39, 0.29) is 10.6 Å². The summed E-state index contributed by atoms with van der Waals surface area (Å²) in [7, 11) is -3.59. The summed E-state index contributed by atoms with van der Waals surface area (Å²) in [6.07, 6.45) is 2.40. The van der Waals surface area contributed by atoms with Gasteiger partial charge in [0.2, 0.25) is 10.0 Å². The molecule has 0 amide bonds. The Bertz CT molecular complexity index is 983. The van der Waals surface area contributed by atoms with Crippen LogP contribution in [0, 0.1) is 6.92 Å². The number of hydrogen-bond donors (Lipinski definition) is 1. The number of aliphatic imine (C=N–C) groups is 1. The van der Waals surface area contributed by atoms with E-state index in [1.54, 1.807) is 36.4 Å². The Balaban J connectivity index is 1.83. The molecule has 7 nitrogen and oxygen atoms in total. The highest BCUT2D eigenvalue weighted by molar-refractivity contribution is 7.89. The SMILES string of the molecule is CCCOc1ccc(C=Nc2cc(S(=O)(=O)N3CCOCC3)ccc2C)c(O)c1. The number of rotatable bonds is 7. The van der Waals surface area contributed by atoms with Gasteiger partial charge in [-0.2, -0.15) is 4.31 Å². The van der Waals surface area contributed by atoms with E-state index in [4.69, 9.17) is 9.47 Å². The Morgan fingerprint density at radius 2 is 1.97 bits per heavy atom. The van der Waals surface area contributed by atoms with Gasteiger partial charge in [-0.15, -0.1) is 0 Å². The van der Waals surface area contributed by atoms with Crippen LogP contribution in [0.1, 0.15) is 24.5 Å². The van der Waals surface area contributed by atoms with E-state index in [0.717, 1.165) is 12.0 Å². The molecule has 0 saturated carbocycles. The number of morpholine rings is 1. The first-order valence-corrected chi connectivity index (χ1v) is 11.0. The molecular formula is C21H26N2O5S. The molecule has 1 saturated heterocycles. The molecule has 29 heavy (non-hydrogen) atoms. The number of nitrogens with zero attached hydrogens (tertiary/aromatic N) is 2. The van der Waals surface area contributed by atoms with E-state index in [2.05, 4.69) is 4.99 Å². The summed E-state index contributed by atoms with van der Waals surface area (Å²) in [6.45, 7) is 5.93. The summed E-state index contributed by atoms with van der Waals surface area (Å²) >= 11 is 0. The zero-order valence-corrected chi connectivity index (χ0v) is 17.5. The van der Waals surface area contributed by atoms with Crippen LogP contribution in [0.2, 0.25) is 0 Å². The van der Waals surface area contributed by atoms with Crippen molar-refractivity contribution in [3.63, 3.8) is 0 Å². The maximum absolute atomic E-state index is 12.9. The minimum absolute atomic E-state index is 0.0529. The molecule has 1 heterocycles. The van der Waals surface area contributed by atoms with Crippen LogP contribution in [-0.4, -0.2) is 57.0 Å². The van der Waals surface area contributed by atoms with Gasteiger partial charge in [0.25, 0.3) is 0 Å². The van der Waals surface area contributed by atoms with Crippen molar-refractivity contribution in [2.45, 2.75) is 25.2 Å². The van der Waals surface area contributed by atoms with Crippen molar-refractivity contribution in [2.24, 2.45) is 4.99 Å². The molecule has 0 radical (unpaired) electrons. The Labute approximate surface area is 171 Å². The van der Waals surface area contributed by atoms with Gasteiger partial charge in [-0.05, 0) is 43.2 Å². The summed E-state index contributed by atoms with van der Waals surface area (Å²) in [5.74, 6) is 0.647. The van der Waals surface area contributed by atoms with Crippen molar-refractivity contribution >= 4 is 21.9 Å². The number of ether oxygens (including phenoxy) is 2. The Morgan fingerprint density at radius 1 is 1.21 bits per heavy atom. The molecule has 8 heteroatoms. The molecule has 0 spiro atoms. The van der Waals surface area contributed by atoms with E-state index < -0.39 is 10.0 Å². The summed E-state index contributed by atoms with van der Waals surface area (Å²) in [5, 5.41) is 10.2. The summed E-state index contributed by atoms with van der Waals surface area (Å²) in [4.78, 5) is 4.61. The number of phenols is 1. The zero-order valence-electron chi connectivity index (χ0n) is 16.7. The highest BCUT2D eigenvalue weighted by Gasteiger charge is 2.26. The van der Waals surface area contributed by atoms with Gasteiger partial charge in [0.15, 0.2) is 0 Å². The lowest BCUT2D eigenvalue weighted by atomic mass is 10.2. The topological polar surface area (TPSA) is 88.4 Å². The summed E-state index contributed by atoms with van der Waals surface area (Å²) in [5.41, 5.74) is 1.89. The largest absolute Gasteiger partial charge is 0.507 e. The molecule has 0 aliphatic carbocycles. The third kappa shape index (κ3) is 5.14. The number of hydrogen-bond acceptors (Lipinski definition) is 6. The van der Waals surface area contributed by atoms with Gasteiger partial charge < -0.3 is 14.6 Å². The van der Waals surface area contributed by atoms with Gasteiger partial charge in [-0.3, -0.25) is 4.99 Å². The number of aromatic hydroxyl groups is 1. The average Bonchev–Trinajstić information content (AvgIpc) is 2.73. The molecule has 156 valence electrons. The zero-order chi connectivity index (χ0) is 20.9. The van der Waals surface area contributed by atoms with Crippen LogP contribution >= 0.6 is 0 Å². The van der Waals surface area contributed by atoms with Gasteiger partial charge in [0.05, 0.1) is 30.4 Å². The average molecular weight is 419 g/mol. The van der Waals surface area contributed by atoms with E-state index in [1.165, 1.54) is 10.5 Å². The molecule has 0 unspecified atom stereocenters. The van der Waals surface area contributed by atoms with E-state index in [0.29, 0.717) is 49.9 Å². The molecule has 1 aliphatic rings. The fourth-order valence-corrected chi connectivity index (χ4v) is 4.33. The van der Waals surface area contributed by atoms with Crippen LogP contribution < -0.4 is 4.74 Å². The molecule has 0 atom stereocenters. The molecular weight excluding hydrogens is 392 g/mol. The molecule has 1 fully saturated rings. The number of sulfonamides is 1. The first-order chi connectivity index (χ1) is 13.9. The number of aryl methyl sites for hydroxylation is 1. The molecule has 0 bridgehead atoms. The van der Waals surface area contributed by atoms with Crippen molar-refractivity contribution in [3.05, 3.63) is 47.5 Å². The molecule has 2 aromatic rings. The first kappa shape index (κ1) is 21.3. The molecule has 1 aliphatic heterocycles. The normalized spacial score (nSPS) is 15.7. The smallest absolute Gasteiger partial charge is 0.243 e. The third-order valence-electron chi connectivity index (χ3n) is 4.61. The first-order valence-electron chi connectivity index (χ1n) is 9.60. The Hall–Kier alpha value is -2.42. The van der Waals surface area contributed by atoms with E-state index in [1.807, 2.05) is 13.8 Å². The van der Waals surface area contributed by atoms with Crippen LogP contribution in [0.3, 0.4) is 0 Å². The highest BCUT2D eigenvalue weighted by atomic mass is 32.2. The van der Waals surface area contributed by atoms with Crippen LogP contribution in [0.15, 0.2) is 46.3 Å². The van der Waals surface area contributed by atoms with E-state index in [9.17, 15) is 13.5 Å². The maximum Gasteiger partial charge on any atom is 0.243 e. The Kier molecular flexibility index (Phi) is 6.89. The van der Waals surface area contributed by atoms with Gasteiger partial charge in [0.1, 0.15) is 11.5 Å². The van der Waals surface area contributed by atoms with Crippen LogP contribution in [0.4, 0.5) is 5.69 Å². The predicted molar refractivity (Wildman–Crippen MR) is 112 cm³/mol. The third-order valence-corrected chi connectivity index (χ3v) is 6.50. The quantitative estimate of drug-likeness (QED) is 0.697. The predicted octanol–water partition coefficient (Wildman–Crippen LogP) is 3.26. The summed E-state index contributed by atoms with van der Waals surface area (Å²) < 4.78 is 37.9. The van der Waals surface area contributed by atoms with Crippen molar-refractivity contribution in [1.29, 1.82) is 0 Å². The molecule has 0 aromatic heterocycles.